The Kier molecular flexibility index (Phi) is 10.3. The Labute approximate surface area is 326 Å². The van der Waals surface area contributed by atoms with Crippen LogP contribution in [0.3, 0.4) is 0 Å². The predicted molar refractivity (Wildman–Crippen MR) is 220 cm³/mol. The molecule has 8 rings (SSSR count). The number of benzene rings is 2. The van der Waals surface area contributed by atoms with Crippen molar-refractivity contribution < 1.29 is 19.8 Å². The minimum atomic E-state index is -1.01. The van der Waals surface area contributed by atoms with Crippen LogP contribution in [0.25, 0.3) is 44.8 Å². The van der Waals surface area contributed by atoms with E-state index in [0.29, 0.717) is 51.0 Å². The maximum atomic E-state index is 12.7. The van der Waals surface area contributed by atoms with Crippen LogP contribution in [-0.2, 0) is 0 Å². The highest BCUT2D eigenvalue weighted by atomic mass is 16.4. The van der Waals surface area contributed by atoms with E-state index in [1.165, 1.54) is 24.7 Å². The van der Waals surface area contributed by atoms with Crippen molar-refractivity contribution in [3.8, 4) is 22.5 Å². The number of hydrogen-bond donors (Lipinski definition) is 5. The summed E-state index contributed by atoms with van der Waals surface area (Å²) in [5.74, 6) is -1.24. The number of aromatic carboxylic acids is 1. The number of aromatic nitrogens is 6. The van der Waals surface area contributed by atoms with E-state index in [2.05, 4.69) is 92.0 Å². The van der Waals surface area contributed by atoms with E-state index in [1.807, 2.05) is 38.1 Å². The summed E-state index contributed by atoms with van der Waals surface area (Å²) < 4.78 is 0. The number of fused-ring (bicyclic) bond motifs is 2. The second-order valence-electron chi connectivity index (χ2n) is 17.4. The molecule has 56 heavy (non-hydrogen) atoms. The third kappa shape index (κ3) is 8.37. The van der Waals surface area contributed by atoms with Gasteiger partial charge in [0.1, 0.15) is 16.6 Å². The minimum Gasteiger partial charge on any atom is -0.478 e. The van der Waals surface area contributed by atoms with Crippen molar-refractivity contribution in [2.24, 2.45) is 16.2 Å². The fourth-order valence-electron chi connectivity index (χ4n) is 7.26. The molecule has 2 aromatic carbocycles. The standard InChI is InChI=1S/C24H31N5O2.C19H20N4O2/c1-23(2)8-9-29(14-23)17-7-5-6-16(10-17)19-12-26-21-20(28-19)18(11-25-21)22(31)27-13-24(3,4)15-30;1-19(2)6-7-23(11-19)13-5-3-4-12(8-13)15-10-21-17-16(22-15)14(9-20-17)18(24)25/h5-7,10-12,30H,8-9,13-15H2,1-4H3,(H,25,26)(H,27,31);3-5,8-10H,6-7,11H2,1-2H3,(H,20,21)(H,24,25). The third-order valence-electron chi connectivity index (χ3n) is 10.8. The molecule has 2 aliphatic heterocycles. The van der Waals surface area contributed by atoms with Crippen molar-refractivity contribution >= 4 is 45.6 Å². The minimum absolute atomic E-state index is 0.00431. The first-order valence-electron chi connectivity index (χ1n) is 19.1. The Balaban J connectivity index is 0.000000175. The maximum Gasteiger partial charge on any atom is 0.339 e. The number of carboxylic acids is 1. The Morgan fingerprint density at radius 1 is 0.786 bits per heavy atom. The van der Waals surface area contributed by atoms with Crippen LogP contribution in [0, 0.1) is 16.2 Å². The Bertz CT molecular complexity index is 2400. The number of nitrogens with zero attached hydrogens (tertiary/aromatic N) is 6. The quantitative estimate of drug-likeness (QED) is 0.102. The highest BCUT2D eigenvalue weighted by molar-refractivity contribution is 6.04. The van der Waals surface area contributed by atoms with Gasteiger partial charge < -0.3 is 35.3 Å². The zero-order chi connectivity index (χ0) is 39.8. The van der Waals surface area contributed by atoms with Crippen molar-refractivity contribution in [3.05, 3.63) is 84.4 Å². The number of aliphatic hydroxyl groups is 1. The molecule has 0 atom stereocenters. The van der Waals surface area contributed by atoms with Gasteiger partial charge in [0, 0.05) is 79.6 Å². The van der Waals surface area contributed by atoms with E-state index in [4.69, 9.17) is 4.98 Å². The van der Waals surface area contributed by atoms with Gasteiger partial charge in [-0.05, 0) is 47.9 Å². The van der Waals surface area contributed by atoms with Crippen LogP contribution in [-0.4, -0.2) is 91.3 Å². The van der Waals surface area contributed by atoms with E-state index in [1.54, 1.807) is 18.6 Å². The number of carbonyl (C=O) groups excluding carboxylic acids is 1. The summed E-state index contributed by atoms with van der Waals surface area (Å²) in [6.45, 7) is 17.5. The summed E-state index contributed by atoms with van der Waals surface area (Å²) >= 11 is 0. The van der Waals surface area contributed by atoms with Crippen molar-refractivity contribution in [3.63, 3.8) is 0 Å². The molecule has 6 heterocycles. The molecule has 2 aliphatic rings. The molecular weight excluding hydrogens is 707 g/mol. The lowest BCUT2D eigenvalue weighted by molar-refractivity contribution is 0.0698. The molecule has 0 saturated carbocycles. The predicted octanol–water partition coefficient (Wildman–Crippen LogP) is 7.17. The SMILES string of the molecule is CC(C)(CO)CNC(=O)c1c[nH]c2ncc(-c3cccc(N4CCC(C)(C)C4)c3)nc12.CC1(C)CCN(c2cccc(-c3cnc4[nH]cc(C(=O)O)c4n3)c2)C1. The highest BCUT2D eigenvalue weighted by Gasteiger charge is 2.30. The number of hydrogen-bond acceptors (Lipinski definition) is 9. The zero-order valence-electron chi connectivity index (χ0n) is 33.0. The lowest BCUT2D eigenvalue weighted by Gasteiger charge is -2.22. The lowest BCUT2D eigenvalue weighted by atomic mass is 9.93. The van der Waals surface area contributed by atoms with Crippen LogP contribution in [0.1, 0.15) is 75.1 Å². The molecule has 13 heteroatoms. The summed E-state index contributed by atoms with van der Waals surface area (Å²) in [6, 6.07) is 16.5. The second-order valence-corrected chi connectivity index (χ2v) is 17.4. The number of carbonyl (C=O) groups is 2. The average molecular weight is 758 g/mol. The van der Waals surface area contributed by atoms with Gasteiger partial charge in [-0.15, -0.1) is 0 Å². The monoisotopic (exact) mass is 757 g/mol. The fourth-order valence-corrected chi connectivity index (χ4v) is 7.26. The first kappa shape index (κ1) is 38.5. The molecule has 0 bridgehead atoms. The molecule has 13 nitrogen and oxygen atoms in total. The molecular formula is C43H51N9O4. The maximum absolute atomic E-state index is 12.7. The number of amides is 1. The molecule has 0 aliphatic carbocycles. The Hall–Kier alpha value is -5.82. The van der Waals surface area contributed by atoms with Gasteiger partial charge >= 0.3 is 5.97 Å². The van der Waals surface area contributed by atoms with Crippen LogP contribution in [0.15, 0.2) is 73.3 Å². The molecule has 0 radical (unpaired) electrons. The van der Waals surface area contributed by atoms with Crippen LogP contribution in [0.2, 0.25) is 0 Å². The number of carboxylic acid groups (broad SMARTS) is 1. The Morgan fingerprint density at radius 3 is 1.71 bits per heavy atom. The fraction of sp³-hybridized carbons (Fsp3) is 0.395. The summed E-state index contributed by atoms with van der Waals surface area (Å²) in [5.41, 5.74) is 8.53. The lowest BCUT2D eigenvalue weighted by Crippen LogP contribution is -2.36. The van der Waals surface area contributed by atoms with Crippen LogP contribution >= 0.6 is 0 Å². The van der Waals surface area contributed by atoms with Crippen LogP contribution in [0.5, 0.6) is 0 Å². The number of aromatic amines is 2. The third-order valence-corrected chi connectivity index (χ3v) is 10.8. The summed E-state index contributed by atoms with van der Waals surface area (Å²) in [6.07, 6.45) is 8.84. The van der Waals surface area contributed by atoms with E-state index in [0.717, 1.165) is 48.7 Å². The number of anilines is 2. The highest BCUT2D eigenvalue weighted by Crippen LogP contribution is 2.35. The topological polar surface area (TPSA) is 176 Å². The van der Waals surface area contributed by atoms with Gasteiger partial charge in [-0.1, -0.05) is 65.8 Å². The van der Waals surface area contributed by atoms with Crippen molar-refractivity contribution in [2.75, 3.05) is 49.1 Å². The number of nitrogens with one attached hydrogen (secondary N) is 3. The first-order chi connectivity index (χ1) is 26.6. The largest absolute Gasteiger partial charge is 0.478 e. The number of aliphatic hydroxyl groups excluding tert-OH is 1. The van der Waals surface area contributed by atoms with E-state index >= 15 is 0 Å². The molecule has 4 aromatic heterocycles. The molecule has 1 amide bonds. The molecule has 0 unspecified atom stereocenters. The molecule has 6 aromatic rings. The zero-order valence-corrected chi connectivity index (χ0v) is 33.0. The van der Waals surface area contributed by atoms with Crippen molar-refractivity contribution in [1.82, 2.24) is 35.2 Å². The summed E-state index contributed by atoms with van der Waals surface area (Å²) in [4.78, 5) is 52.8. The normalized spacial score (nSPS) is 16.3. The smallest absolute Gasteiger partial charge is 0.339 e. The molecule has 292 valence electrons. The van der Waals surface area contributed by atoms with Gasteiger partial charge in [-0.25, -0.2) is 24.7 Å². The van der Waals surface area contributed by atoms with Crippen LogP contribution < -0.4 is 15.1 Å². The van der Waals surface area contributed by atoms with Gasteiger partial charge in [-0.3, -0.25) is 4.79 Å². The molecule has 2 fully saturated rings. The van der Waals surface area contributed by atoms with Gasteiger partial charge in [0.25, 0.3) is 5.91 Å². The number of H-pyrrole nitrogens is 2. The molecule has 2 saturated heterocycles. The molecule has 5 N–H and O–H groups in total. The summed E-state index contributed by atoms with van der Waals surface area (Å²) in [5, 5.41) is 21.6. The van der Waals surface area contributed by atoms with Gasteiger partial charge in [0.2, 0.25) is 0 Å². The first-order valence-corrected chi connectivity index (χ1v) is 19.1. The van der Waals surface area contributed by atoms with Crippen LogP contribution in [0.4, 0.5) is 11.4 Å². The Morgan fingerprint density at radius 2 is 1.27 bits per heavy atom. The summed E-state index contributed by atoms with van der Waals surface area (Å²) in [7, 11) is 0. The van der Waals surface area contributed by atoms with Gasteiger partial charge in [0.05, 0.1) is 29.3 Å². The van der Waals surface area contributed by atoms with Gasteiger partial charge in [0.15, 0.2) is 11.3 Å². The average Bonchev–Trinajstić information content (AvgIpc) is 3.98. The second kappa shape index (κ2) is 15.0. The van der Waals surface area contributed by atoms with Gasteiger partial charge in [-0.2, -0.15) is 0 Å². The van der Waals surface area contributed by atoms with Crippen molar-refractivity contribution in [1.29, 1.82) is 0 Å². The van der Waals surface area contributed by atoms with Crippen molar-refractivity contribution in [2.45, 2.75) is 54.4 Å². The van der Waals surface area contributed by atoms with E-state index < -0.39 is 5.97 Å². The number of rotatable bonds is 9. The molecule has 0 spiro atoms. The van der Waals surface area contributed by atoms with E-state index in [9.17, 15) is 19.8 Å². The van der Waals surface area contributed by atoms with E-state index in [-0.39, 0.29) is 23.5 Å².